The molecule has 0 amide bonds. The van der Waals surface area contributed by atoms with Gasteiger partial charge in [0, 0.05) is 0 Å². The van der Waals surface area contributed by atoms with E-state index in [1.165, 1.54) is 0 Å². The summed E-state index contributed by atoms with van der Waals surface area (Å²) in [6.45, 7) is 2.04. The number of benzene rings is 2. The van der Waals surface area contributed by atoms with E-state index in [1.54, 1.807) is 26.4 Å². The second-order valence-corrected chi connectivity index (χ2v) is 6.40. The van der Waals surface area contributed by atoms with E-state index < -0.39 is 0 Å². The van der Waals surface area contributed by atoms with Crippen LogP contribution in [0.5, 0.6) is 23.0 Å². The number of rotatable bonds is 5. The minimum Gasteiger partial charge on any atom is -0.504 e. The zero-order valence-electron chi connectivity index (χ0n) is 14.6. The largest absolute Gasteiger partial charge is 0.504 e. The maximum Gasteiger partial charge on any atom is 0.315 e. The molecule has 0 radical (unpaired) electrons. The molecule has 2 aliphatic heterocycles. The monoisotopic (exact) mass is 342 g/mol. The van der Waals surface area contributed by atoms with Gasteiger partial charge in [-0.25, -0.2) is 0 Å². The first-order chi connectivity index (χ1) is 12.0. The van der Waals surface area contributed by atoms with Gasteiger partial charge in [-0.2, -0.15) is 0 Å². The summed E-state index contributed by atoms with van der Waals surface area (Å²) in [6.07, 6.45) is 1.25. The fourth-order valence-electron chi connectivity index (χ4n) is 3.25. The molecule has 2 bridgehead atoms. The van der Waals surface area contributed by atoms with Gasteiger partial charge in [0.1, 0.15) is 0 Å². The number of phenols is 1. The summed E-state index contributed by atoms with van der Waals surface area (Å²) in [5, 5.41) is 9.84. The number of hydrogen-bond donors (Lipinski definition) is 1. The van der Waals surface area contributed by atoms with Crippen LogP contribution < -0.4 is 14.2 Å². The van der Waals surface area contributed by atoms with E-state index in [-0.39, 0.29) is 29.3 Å². The highest BCUT2D eigenvalue weighted by molar-refractivity contribution is 5.77. The Morgan fingerprint density at radius 3 is 2.60 bits per heavy atom. The maximum atomic E-state index is 12.5. The predicted octanol–water partition coefficient (Wildman–Crippen LogP) is 3.37. The van der Waals surface area contributed by atoms with Crippen LogP contribution >= 0.6 is 0 Å². The highest BCUT2D eigenvalue weighted by Gasteiger charge is 2.30. The molecule has 0 spiro atoms. The van der Waals surface area contributed by atoms with Gasteiger partial charge in [-0.15, -0.1) is 0 Å². The Morgan fingerprint density at radius 2 is 1.92 bits per heavy atom. The summed E-state index contributed by atoms with van der Waals surface area (Å²) in [7, 11) is 3.21. The molecule has 132 valence electrons. The number of carbonyl (C=O) groups is 1. The summed E-state index contributed by atoms with van der Waals surface area (Å²) >= 11 is 0. The Morgan fingerprint density at radius 1 is 1.16 bits per heavy atom. The van der Waals surface area contributed by atoms with E-state index in [1.807, 2.05) is 31.2 Å². The summed E-state index contributed by atoms with van der Waals surface area (Å²) in [5.74, 6) is 1.08. The van der Waals surface area contributed by atoms with E-state index in [4.69, 9.17) is 14.2 Å². The van der Waals surface area contributed by atoms with Crippen molar-refractivity contribution in [3.05, 3.63) is 47.5 Å². The van der Waals surface area contributed by atoms with E-state index in [0.29, 0.717) is 24.3 Å². The van der Waals surface area contributed by atoms with Crippen LogP contribution in [0.15, 0.2) is 36.4 Å². The third-order valence-electron chi connectivity index (χ3n) is 4.68. The molecule has 1 N–H and O–H groups in total. The second-order valence-electron chi connectivity index (χ2n) is 6.40. The number of methoxy groups -OCH3 is 2. The summed E-state index contributed by atoms with van der Waals surface area (Å²) in [6, 6.07) is 11.0. The molecule has 2 aliphatic rings. The zero-order valence-corrected chi connectivity index (χ0v) is 14.6. The third kappa shape index (κ3) is 3.55. The van der Waals surface area contributed by atoms with Crippen molar-refractivity contribution in [2.24, 2.45) is 11.8 Å². The number of carbonyl (C=O) groups excluding carboxylic acids is 1. The first kappa shape index (κ1) is 17.1. The van der Waals surface area contributed by atoms with Crippen LogP contribution in [0, 0.1) is 11.8 Å². The summed E-state index contributed by atoms with van der Waals surface area (Å²) in [4.78, 5) is 12.5. The minimum atomic E-state index is -0.301. The molecule has 0 unspecified atom stereocenters. The first-order valence-corrected chi connectivity index (χ1v) is 8.26. The fraction of sp³-hybridized carbons (Fsp3) is 0.350. The van der Waals surface area contributed by atoms with Gasteiger partial charge >= 0.3 is 5.97 Å². The van der Waals surface area contributed by atoms with E-state index in [2.05, 4.69) is 0 Å². The molecule has 2 atom stereocenters. The number of esters is 1. The molecular weight excluding hydrogens is 320 g/mol. The fourth-order valence-corrected chi connectivity index (χ4v) is 3.25. The molecule has 4 rings (SSSR count). The van der Waals surface area contributed by atoms with E-state index in [0.717, 1.165) is 11.1 Å². The van der Waals surface area contributed by atoms with Crippen molar-refractivity contribution in [3.63, 3.8) is 0 Å². The third-order valence-corrected chi connectivity index (χ3v) is 4.68. The van der Waals surface area contributed by atoms with E-state index >= 15 is 0 Å². The molecule has 0 saturated carbocycles. The molecule has 5 heteroatoms. The van der Waals surface area contributed by atoms with Crippen molar-refractivity contribution in [1.29, 1.82) is 0 Å². The number of hydrogen-bond acceptors (Lipinski definition) is 5. The molecule has 0 fully saturated rings. The predicted molar refractivity (Wildman–Crippen MR) is 93.3 cm³/mol. The summed E-state index contributed by atoms with van der Waals surface area (Å²) in [5.41, 5.74) is 2.00. The zero-order chi connectivity index (χ0) is 18.0. The van der Waals surface area contributed by atoms with Gasteiger partial charge in [-0.1, -0.05) is 19.1 Å². The van der Waals surface area contributed by atoms with Crippen molar-refractivity contribution < 1.29 is 24.1 Å². The molecule has 0 aliphatic carbocycles. The van der Waals surface area contributed by atoms with Crippen molar-refractivity contribution in [2.75, 3.05) is 14.2 Å². The lowest BCUT2D eigenvalue weighted by Gasteiger charge is -2.25. The lowest BCUT2D eigenvalue weighted by atomic mass is 9.83. The van der Waals surface area contributed by atoms with Crippen molar-refractivity contribution in [3.8, 4) is 23.0 Å². The Labute approximate surface area is 147 Å². The Kier molecular flexibility index (Phi) is 4.83. The molecule has 2 aromatic carbocycles. The van der Waals surface area contributed by atoms with Gasteiger partial charge in [0.25, 0.3) is 0 Å². The molecule has 0 saturated heterocycles. The van der Waals surface area contributed by atoms with Gasteiger partial charge in [0.2, 0.25) is 0 Å². The lowest BCUT2D eigenvalue weighted by Crippen LogP contribution is -2.30. The van der Waals surface area contributed by atoms with Gasteiger partial charge in [0.05, 0.1) is 20.1 Å². The van der Waals surface area contributed by atoms with Crippen LogP contribution in [0.4, 0.5) is 0 Å². The smallest absolute Gasteiger partial charge is 0.315 e. The van der Waals surface area contributed by atoms with Gasteiger partial charge in [0.15, 0.2) is 23.0 Å². The Balaban J connectivity index is 1.79. The quantitative estimate of drug-likeness (QED) is 0.667. The number of phenolic OH excluding ortho intramolecular Hbond substituents is 1. The minimum absolute atomic E-state index is 0.0110. The van der Waals surface area contributed by atoms with Crippen molar-refractivity contribution in [2.45, 2.75) is 19.8 Å². The standard InChI is InChI=1S/C20H22O5/c1-12(8-13-5-7-18(23-2)19(11-13)24-3)15-9-14-4-6-17(16(21)10-14)25-20(15)22/h4-7,10-12,15,21H,8-9H2,1-3H3/t12-,15-/m1/s1. The van der Waals surface area contributed by atoms with Crippen LogP contribution in [-0.2, 0) is 17.6 Å². The van der Waals surface area contributed by atoms with Gasteiger partial charge in [-0.05, 0) is 54.2 Å². The highest BCUT2D eigenvalue weighted by atomic mass is 16.5. The Hall–Kier alpha value is -2.69. The average molecular weight is 342 g/mol. The van der Waals surface area contributed by atoms with Gasteiger partial charge in [-0.3, -0.25) is 4.79 Å². The van der Waals surface area contributed by atoms with Crippen molar-refractivity contribution >= 4 is 5.97 Å². The van der Waals surface area contributed by atoms with E-state index in [9.17, 15) is 9.90 Å². The SMILES string of the molecule is COc1ccc(C[C@@H](C)[C@H]2Cc3ccc(c(O)c3)OC2=O)cc1OC. The van der Waals surface area contributed by atoms with Crippen LogP contribution in [0.25, 0.3) is 0 Å². The first-order valence-electron chi connectivity index (χ1n) is 8.26. The maximum absolute atomic E-state index is 12.5. The van der Waals surface area contributed by atoms with Gasteiger partial charge < -0.3 is 19.3 Å². The van der Waals surface area contributed by atoms with Crippen molar-refractivity contribution in [1.82, 2.24) is 0 Å². The molecule has 2 aromatic rings. The number of ether oxygens (including phenoxy) is 3. The van der Waals surface area contributed by atoms with Crippen LogP contribution in [0.3, 0.4) is 0 Å². The molecule has 5 nitrogen and oxygen atoms in total. The van der Waals surface area contributed by atoms with Crippen LogP contribution in [0.2, 0.25) is 0 Å². The normalized spacial score (nSPS) is 17.4. The number of fused-ring (bicyclic) bond motifs is 5. The molecular formula is C20H22O5. The van der Waals surface area contributed by atoms with Crippen LogP contribution in [0.1, 0.15) is 18.1 Å². The molecule has 2 heterocycles. The average Bonchev–Trinajstić information content (AvgIpc) is 2.59. The highest BCUT2D eigenvalue weighted by Crippen LogP contribution is 2.35. The Bertz CT molecular complexity index is 784. The summed E-state index contributed by atoms with van der Waals surface area (Å²) < 4.78 is 16.0. The molecule has 0 aromatic heterocycles. The van der Waals surface area contributed by atoms with Crippen LogP contribution in [-0.4, -0.2) is 25.3 Å². The second kappa shape index (κ2) is 7.05. The number of aromatic hydroxyl groups is 1. The topological polar surface area (TPSA) is 65.0 Å². The lowest BCUT2D eigenvalue weighted by molar-refractivity contribution is -0.140. The molecule has 25 heavy (non-hydrogen) atoms.